The zero-order valence-electron chi connectivity index (χ0n) is 10.1. The molecule has 2 rings (SSSR count). The number of hydrogen-bond acceptors (Lipinski definition) is 3. The summed E-state index contributed by atoms with van der Waals surface area (Å²) in [6, 6.07) is 2.19. The highest BCUT2D eigenvalue weighted by Gasteiger charge is 2.32. The third-order valence-electron chi connectivity index (χ3n) is 2.46. The molecule has 0 aliphatic carbocycles. The van der Waals surface area contributed by atoms with Gasteiger partial charge in [0.15, 0.2) is 0 Å². The Morgan fingerprint density at radius 3 is 2.37 bits per heavy atom. The molecule has 0 saturated heterocycles. The SMILES string of the molecule is CC(C)c1nnc(Cl)n1-c1ccc(C(F)(F)F)nc1. The van der Waals surface area contributed by atoms with E-state index in [9.17, 15) is 13.2 Å². The smallest absolute Gasteiger partial charge is 0.268 e. The van der Waals surface area contributed by atoms with Crippen LogP contribution in [0.5, 0.6) is 0 Å². The van der Waals surface area contributed by atoms with E-state index in [4.69, 9.17) is 11.6 Å². The van der Waals surface area contributed by atoms with Gasteiger partial charge < -0.3 is 0 Å². The molecule has 0 fully saturated rings. The van der Waals surface area contributed by atoms with Crippen LogP contribution in [0.3, 0.4) is 0 Å². The number of pyridine rings is 1. The average Bonchev–Trinajstić information content (AvgIpc) is 2.70. The molecule has 0 radical (unpaired) electrons. The largest absolute Gasteiger partial charge is 0.433 e. The maximum atomic E-state index is 12.4. The van der Waals surface area contributed by atoms with E-state index in [1.165, 1.54) is 10.6 Å². The maximum absolute atomic E-state index is 12.4. The minimum Gasteiger partial charge on any atom is -0.268 e. The van der Waals surface area contributed by atoms with Crippen molar-refractivity contribution in [3.8, 4) is 5.69 Å². The van der Waals surface area contributed by atoms with Gasteiger partial charge in [0.25, 0.3) is 0 Å². The number of alkyl halides is 3. The standard InChI is InChI=1S/C11H10ClF3N4/c1-6(2)9-17-18-10(12)19(9)7-3-4-8(16-5-7)11(13,14)15/h3-6H,1-2H3. The molecule has 0 aliphatic heterocycles. The summed E-state index contributed by atoms with van der Waals surface area (Å²) in [7, 11) is 0. The lowest BCUT2D eigenvalue weighted by Crippen LogP contribution is -2.09. The summed E-state index contributed by atoms with van der Waals surface area (Å²) in [4.78, 5) is 3.39. The van der Waals surface area contributed by atoms with E-state index in [1.807, 2.05) is 13.8 Å². The van der Waals surface area contributed by atoms with E-state index in [1.54, 1.807) is 0 Å². The molecule has 0 spiro atoms. The Morgan fingerprint density at radius 1 is 1.21 bits per heavy atom. The van der Waals surface area contributed by atoms with Gasteiger partial charge in [-0.1, -0.05) is 13.8 Å². The van der Waals surface area contributed by atoms with Crippen molar-refractivity contribution in [1.29, 1.82) is 0 Å². The van der Waals surface area contributed by atoms with Crippen molar-refractivity contribution in [3.63, 3.8) is 0 Å². The van der Waals surface area contributed by atoms with Crippen LogP contribution in [0, 0.1) is 0 Å². The molecule has 8 heteroatoms. The molecule has 0 saturated carbocycles. The number of halogens is 4. The highest BCUT2D eigenvalue weighted by atomic mass is 35.5. The first-order chi connectivity index (χ1) is 8.80. The van der Waals surface area contributed by atoms with Gasteiger partial charge in [-0.05, 0) is 23.7 Å². The van der Waals surface area contributed by atoms with Crippen LogP contribution in [0.25, 0.3) is 5.69 Å². The summed E-state index contributed by atoms with van der Waals surface area (Å²) in [6.07, 6.45) is -3.36. The second-order valence-corrected chi connectivity index (χ2v) is 4.55. The molecule has 4 nitrogen and oxygen atoms in total. The second-order valence-electron chi connectivity index (χ2n) is 4.22. The zero-order valence-corrected chi connectivity index (χ0v) is 10.9. The number of nitrogens with zero attached hydrogens (tertiary/aromatic N) is 4. The van der Waals surface area contributed by atoms with Gasteiger partial charge in [-0.2, -0.15) is 13.2 Å². The molecule has 19 heavy (non-hydrogen) atoms. The zero-order chi connectivity index (χ0) is 14.2. The van der Waals surface area contributed by atoms with Gasteiger partial charge in [0.2, 0.25) is 5.28 Å². The minimum atomic E-state index is -4.46. The van der Waals surface area contributed by atoms with Gasteiger partial charge in [-0.25, -0.2) is 4.98 Å². The van der Waals surface area contributed by atoms with Crippen LogP contribution in [-0.2, 0) is 6.18 Å². The van der Waals surface area contributed by atoms with E-state index < -0.39 is 11.9 Å². The monoisotopic (exact) mass is 290 g/mol. The van der Waals surface area contributed by atoms with Crippen LogP contribution >= 0.6 is 11.6 Å². The predicted octanol–water partition coefficient (Wildman–Crippen LogP) is 3.46. The molecule has 2 aromatic heterocycles. The third-order valence-corrected chi connectivity index (χ3v) is 2.71. The molecule has 102 valence electrons. The maximum Gasteiger partial charge on any atom is 0.433 e. The molecule has 0 unspecified atom stereocenters. The van der Waals surface area contributed by atoms with Crippen LogP contribution < -0.4 is 0 Å². The van der Waals surface area contributed by atoms with E-state index >= 15 is 0 Å². The van der Waals surface area contributed by atoms with E-state index in [0.717, 1.165) is 12.3 Å². The molecular weight excluding hydrogens is 281 g/mol. The summed E-state index contributed by atoms with van der Waals surface area (Å²) < 4.78 is 38.8. The van der Waals surface area contributed by atoms with Gasteiger partial charge in [-0.15, -0.1) is 10.2 Å². The van der Waals surface area contributed by atoms with E-state index in [2.05, 4.69) is 15.2 Å². The summed E-state index contributed by atoms with van der Waals surface area (Å²) in [5.74, 6) is 0.592. The number of rotatable bonds is 2. The van der Waals surface area contributed by atoms with Gasteiger partial charge in [0.1, 0.15) is 11.5 Å². The number of aromatic nitrogens is 4. The van der Waals surface area contributed by atoms with Crippen molar-refractivity contribution in [1.82, 2.24) is 19.7 Å². The summed E-state index contributed by atoms with van der Waals surface area (Å²) >= 11 is 5.89. The molecule has 0 aromatic carbocycles. The Hall–Kier alpha value is -1.63. The third kappa shape index (κ3) is 2.70. The molecule has 0 aliphatic rings. The van der Waals surface area contributed by atoms with Crippen molar-refractivity contribution >= 4 is 11.6 Å². The second kappa shape index (κ2) is 4.80. The lowest BCUT2D eigenvalue weighted by molar-refractivity contribution is -0.141. The van der Waals surface area contributed by atoms with Crippen molar-refractivity contribution in [2.75, 3.05) is 0 Å². The highest BCUT2D eigenvalue weighted by Crippen LogP contribution is 2.28. The fourth-order valence-electron chi connectivity index (χ4n) is 1.57. The van der Waals surface area contributed by atoms with Crippen LogP contribution in [0.2, 0.25) is 5.28 Å². The van der Waals surface area contributed by atoms with Crippen molar-refractivity contribution in [2.45, 2.75) is 25.9 Å². The summed E-state index contributed by atoms with van der Waals surface area (Å²) in [6.45, 7) is 3.77. The first kappa shape index (κ1) is 13.8. The van der Waals surface area contributed by atoms with E-state index in [0.29, 0.717) is 11.5 Å². The average molecular weight is 291 g/mol. The van der Waals surface area contributed by atoms with Gasteiger partial charge in [0.05, 0.1) is 11.9 Å². The van der Waals surface area contributed by atoms with Gasteiger partial charge >= 0.3 is 6.18 Å². The van der Waals surface area contributed by atoms with Crippen LogP contribution in [-0.4, -0.2) is 19.7 Å². The van der Waals surface area contributed by atoms with Crippen LogP contribution in [0.4, 0.5) is 13.2 Å². The highest BCUT2D eigenvalue weighted by molar-refractivity contribution is 6.28. The van der Waals surface area contributed by atoms with Crippen molar-refractivity contribution in [2.24, 2.45) is 0 Å². The van der Waals surface area contributed by atoms with Crippen molar-refractivity contribution < 1.29 is 13.2 Å². The normalized spacial score (nSPS) is 12.2. The molecule has 0 amide bonds. The Balaban J connectivity index is 2.46. The molecule has 0 N–H and O–H groups in total. The Bertz CT molecular complexity index is 575. The van der Waals surface area contributed by atoms with Gasteiger partial charge in [-0.3, -0.25) is 4.57 Å². The Kier molecular flexibility index (Phi) is 3.49. The van der Waals surface area contributed by atoms with Crippen LogP contribution in [0.1, 0.15) is 31.3 Å². The summed E-state index contributed by atoms with van der Waals surface area (Å²) in [5, 5.41) is 7.70. The lowest BCUT2D eigenvalue weighted by Gasteiger charge is -2.11. The fraction of sp³-hybridized carbons (Fsp3) is 0.364. The topological polar surface area (TPSA) is 43.6 Å². The molecule has 0 atom stereocenters. The summed E-state index contributed by atoms with van der Waals surface area (Å²) in [5.41, 5.74) is -0.557. The van der Waals surface area contributed by atoms with Crippen molar-refractivity contribution in [3.05, 3.63) is 35.1 Å². The molecule has 2 heterocycles. The fourth-order valence-corrected chi connectivity index (χ4v) is 1.80. The first-order valence-electron chi connectivity index (χ1n) is 5.45. The van der Waals surface area contributed by atoms with Crippen LogP contribution in [0.15, 0.2) is 18.3 Å². The number of hydrogen-bond donors (Lipinski definition) is 0. The predicted molar refractivity (Wildman–Crippen MR) is 63.3 cm³/mol. The van der Waals surface area contributed by atoms with E-state index in [-0.39, 0.29) is 11.2 Å². The minimum absolute atomic E-state index is 0.0299. The Morgan fingerprint density at radius 2 is 1.89 bits per heavy atom. The Labute approximate surface area is 112 Å². The lowest BCUT2D eigenvalue weighted by atomic mass is 10.2. The molecule has 0 bridgehead atoms. The molecular formula is C11H10ClF3N4. The molecule has 2 aromatic rings. The first-order valence-corrected chi connectivity index (χ1v) is 5.83. The quantitative estimate of drug-likeness (QED) is 0.851. The van der Waals surface area contributed by atoms with Gasteiger partial charge in [0, 0.05) is 5.92 Å².